The summed E-state index contributed by atoms with van der Waals surface area (Å²) in [5, 5.41) is 12.5. The molecule has 0 spiro atoms. The first-order valence-corrected chi connectivity index (χ1v) is 7.29. The van der Waals surface area contributed by atoms with E-state index in [1.807, 2.05) is 0 Å². The lowest BCUT2D eigenvalue weighted by atomic mass is 9.84. The van der Waals surface area contributed by atoms with Crippen molar-refractivity contribution in [3.8, 4) is 0 Å². The van der Waals surface area contributed by atoms with Gasteiger partial charge in [-0.1, -0.05) is 19.8 Å². The van der Waals surface area contributed by atoms with Crippen molar-refractivity contribution >= 4 is 5.91 Å². The second-order valence-electron chi connectivity index (χ2n) is 5.55. The topological polar surface area (TPSA) is 58.6 Å². The van der Waals surface area contributed by atoms with Crippen LogP contribution in [0.1, 0.15) is 45.4 Å². The van der Waals surface area contributed by atoms with Gasteiger partial charge >= 0.3 is 0 Å². The third kappa shape index (κ3) is 3.04. The summed E-state index contributed by atoms with van der Waals surface area (Å²) in [7, 11) is 0. The van der Waals surface area contributed by atoms with Crippen molar-refractivity contribution in [2.75, 3.05) is 13.2 Å². The van der Waals surface area contributed by atoms with E-state index >= 15 is 0 Å². The van der Waals surface area contributed by atoms with Crippen molar-refractivity contribution in [2.24, 2.45) is 11.8 Å². The van der Waals surface area contributed by atoms with Gasteiger partial charge in [0.1, 0.15) is 0 Å². The zero-order chi connectivity index (χ0) is 13.0. The molecule has 0 aromatic rings. The lowest BCUT2D eigenvalue weighted by Crippen LogP contribution is -2.47. The standard InChI is InChI=1S/C14H25NO3/c1-2-13-11(7-8-18-13)14(17)15-12-6-4-3-5-10(12)9-16/h10-13,16H,2-9H2,1H3,(H,15,17). The molecule has 4 nitrogen and oxygen atoms in total. The van der Waals surface area contributed by atoms with Gasteiger partial charge in [0.25, 0.3) is 0 Å². The molecule has 4 unspecified atom stereocenters. The third-order valence-corrected chi connectivity index (χ3v) is 4.42. The van der Waals surface area contributed by atoms with Crippen LogP contribution < -0.4 is 5.32 Å². The zero-order valence-electron chi connectivity index (χ0n) is 11.2. The van der Waals surface area contributed by atoms with E-state index in [1.165, 1.54) is 6.42 Å². The number of carbonyl (C=O) groups is 1. The van der Waals surface area contributed by atoms with E-state index in [4.69, 9.17) is 4.74 Å². The van der Waals surface area contributed by atoms with E-state index in [-0.39, 0.29) is 36.5 Å². The average Bonchev–Trinajstić information content (AvgIpc) is 2.87. The molecule has 1 aliphatic heterocycles. The predicted molar refractivity (Wildman–Crippen MR) is 69.1 cm³/mol. The number of ether oxygens (including phenoxy) is 1. The molecular weight excluding hydrogens is 230 g/mol. The summed E-state index contributed by atoms with van der Waals surface area (Å²) in [6, 6.07) is 0.161. The fraction of sp³-hybridized carbons (Fsp3) is 0.929. The van der Waals surface area contributed by atoms with Crippen molar-refractivity contribution in [2.45, 2.75) is 57.6 Å². The molecule has 2 fully saturated rings. The second kappa shape index (κ2) is 6.53. The molecule has 0 aromatic carbocycles. The minimum Gasteiger partial charge on any atom is -0.396 e. The summed E-state index contributed by atoms with van der Waals surface area (Å²) in [6.07, 6.45) is 6.16. The third-order valence-electron chi connectivity index (χ3n) is 4.42. The van der Waals surface area contributed by atoms with Crippen LogP contribution in [0.4, 0.5) is 0 Å². The Hall–Kier alpha value is -0.610. The molecular formula is C14H25NO3. The maximum absolute atomic E-state index is 12.3. The first kappa shape index (κ1) is 13.8. The monoisotopic (exact) mass is 255 g/mol. The van der Waals surface area contributed by atoms with Crippen molar-refractivity contribution in [3.05, 3.63) is 0 Å². The minimum atomic E-state index is 0.0104. The smallest absolute Gasteiger partial charge is 0.226 e. The summed E-state index contributed by atoms with van der Waals surface area (Å²) in [4.78, 5) is 12.3. The highest BCUT2D eigenvalue weighted by Crippen LogP contribution is 2.27. The number of carbonyl (C=O) groups excluding carboxylic acids is 1. The average molecular weight is 255 g/mol. The number of hydrogen-bond acceptors (Lipinski definition) is 3. The molecule has 0 aromatic heterocycles. The maximum atomic E-state index is 12.3. The number of aliphatic hydroxyl groups excluding tert-OH is 1. The fourth-order valence-corrected chi connectivity index (χ4v) is 3.26. The van der Waals surface area contributed by atoms with Gasteiger partial charge in [-0.3, -0.25) is 4.79 Å². The van der Waals surface area contributed by atoms with Crippen LogP contribution in [0.15, 0.2) is 0 Å². The Kier molecular flexibility index (Phi) is 5.01. The summed E-state index contributed by atoms with van der Waals surface area (Å²) in [5.74, 6) is 0.381. The zero-order valence-corrected chi connectivity index (χ0v) is 11.2. The Labute approximate surface area is 109 Å². The van der Waals surface area contributed by atoms with Gasteiger partial charge in [-0.2, -0.15) is 0 Å². The first-order chi connectivity index (χ1) is 8.76. The molecule has 1 saturated heterocycles. The maximum Gasteiger partial charge on any atom is 0.226 e. The molecule has 1 saturated carbocycles. The Bertz CT molecular complexity index is 282. The lowest BCUT2D eigenvalue weighted by Gasteiger charge is -2.32. The van der Waals surface area contributed by atoms with Gasteiger partial charge in [0.05, 0.1) is 12.0 Å². The molecule has 4 atom stereocenters. The van der Waals surface area contributed by atoms with E-state index in [1.54, 1.807) is 0 Å². The van der Waals surface area contributed by atoms with E-state index < -0.39 is 0 Å². The molecule has 4 heteroatoms. The molecule has 104 valence electrons. The van der Waals surface area contributed by atoms with Crippen molar-refractivity contribution in [3.63, 3.8) is 0 Å². The van der Waals surface area contributed by atoms with Gasteiger partial charge in [-0.15, -0.1) is 0 Å². The first-order valence-electron chi connectivity index (χ1n) is 7.29. The predicted octanol–water partition coefficient (Wildman–Crippen LogP) is 1.47. The number of rotatable bonds is 4. The fourth-order valence-electron chi connectivity index (χ4n) is 3.26. The van der Waals surface area contributed by atoms with E-state index in [9.17, 15) is 9.90 Å². The Morgan fingerprint density at radius 3 is 2.83 bits per heavy atom. The van der Waals surface area contributed by atoms with Crippen LogP contribution in [0.25, 0.3) is 0 Å². The SMILES string of the molecule is CCC1OCCC1C(=O)NC1CCCCC1CO. The summed E-state index contributed by atoms with van der Waals surface area (Å²) in [6.45, 7) is 2.95. The highest BCUT2D eigenvalue weighted by molar-refractivity contribution is 5.79. The Morgan fingerprint density at radius 1 is 1.33 bits per heavy atom. The summed E-state index contributed by atoms with van der Waals surface area (Å²) in [5.41, 5.74) is 0. The van der Waals surface area contributed by atoms with Crippen LogP contribution in [-0.2, 0) is 9.53 Å². The molecule has 2 aliphatic rings. The van der Waals surface area contributed by atoms with E-state index in [0.29, 0.717) is 6.61 Å². The molecule has 0 bridgehead atoms. The van der Waals surface area contributed by atoms with Crippen LogP contribution >= 0.6 is 0 Å². The van der Waals surface area contributed by atoms with Crippen molar-refractivity contribution < 1.29 is 14.6 Å². The van der Waals surface area contributed by atoms with Gasteiger partial charge in [0, 0.05) is 25.2 Å². The van der Waals surface area contributed by atoms with Gasteiger partial charge < -0.3 is 15.2 Å². The van der Waals surface area contributed by atoms with Crippen LogP contribution in [0.2, 0.25) is 0 Å². The normalized spacial score (nSPS) is 36.6. The van der Waals surface area contributed by atoms with E-state index in [2.05, 4.69) is 12.2 Å². The van der Waals surface area contributed by atoms with Crippen LogP contribution in [0, 0.1) is 11.8 Å². The Morgan fingerprint density at radius 2 is 2.11 bits per heavy atom. The van der Waals surface area contributed by atoms with Gasteiger partial charge in [0.2, 0.25) is 5.91 Å². The molecule has 18 heavy (non-hydrogen) atoms. The van der Waals surface area contributed by atoms with Gasteiger partial charge in [-0.05, 0) is 25.7 Å². The molecule has 0 radical (unpaired) electrons. The van der Waals surface area contributed by atoms with Crippen molar-refractivity contribution in [1.29, 1.82) is 0 Å². The Balaban J connectivity index is 1.89. The highest BCUT2D eigenvalue weighted by Gasteiger charge is 2.35. The largest absolute Gasteiger partial charge is 0.396 e. The molecule has 2 N–H and O–H groups in total. The number of hydrogen-bond donors (Lipinski definition) is 2. The molecule has 1 aliphatic carbocycles. The summed E-state index contributed by atoms with van der Waals surface area (Å²) >= 11 is 0. The molecule has 1 heterocycles. The number of nitrogens with one attached hydrogen (secondary N) is 1. The van der Waals surface area contributed by atoms with Gasteiger partial charge in [-0.25, -0.2) is 0 Å². The molecule has 1 amide bonds. The van der Waals surface area contributed by atoms with Crippen molar-refractivity contribution in [1.82, 2.24) is 5.32 Å². The minimum absolute atomic E-state index is 0.0104. The molecule has 2 rings (SSSR count). The van der Waals surface area contributed by atoms with E-state index in [0.717, 1.165) is 32.1 Å². The van der Waals surface area contributed by atoms with Crippen LogP contribution in [0.5, 0.6) is 0 Å². The van der Waals surface area contributed by atoms with Gasteiger partial charge in [0.15, 0.2) is 0 Å². The highest BCUT2D eigenvalue weighted by atomic mass is 16.5. The number of amides is 1. The lowest BCUT2D eigenvalue weighted by molar-refractivity contribution is -0.128. The summed E-state index contributed by atoms with van der Waals surface area (Å²) < 4.78 is 5.57. The van der Waals surface area contributed by atoms with Crippen LogP contribution in [0.3, 0.4) is 0 Å². The quantitative estimate of drug-likeness (QED) is 0.799. The second-order valence-corrected chi connectivity index (χ2v) is 5.55. The van der Waals surface area contributed by atoms with Crippen LogP contribution in [-0.4, -0.2) is 36.4 Å². The number of aliphatic hydroxyl groups is 1.